The molecule has 0 fully saturated rings. The van der Waals surface area contributed by atoms with Gasteiger partial charge in [-0.2, -0.15) is 0 Å². The van der Waals surface area contributed by atoms with Crippen LogP contribution in [0.15, 0.2) is 77.7 Å². The summed E-state index contributed by atoms with van der Waals surface area (Å²) in [5.41, 5.74) is 1.92. The second-order valence-corrected chi connectivity index (χ2v) is 7.31. The van der Waals surface area contributed by atoms with Crippen LogP contribution in [0.2, 0.25) is 0 Å². The van der Waals surface area contributed by atoms with Gasteiger partial charge in [0.1, 0.15) is 5.69 Å². The number of methoxy groups -OCH3 is 1. The largest absolute Gasteiger partial charge is 0.465 e. The summed E-state index contributed by atoms with van der Waals surface area (Å²) in [6, 6.07) is 16.4. The van der Waals surface area contributed by atoms with Crippen LogP contribution in [0.25, 0.3) is 10.9 Å². The van der Waals surface area contributed by atoms with Gasteiger partial charge in [0.2, 0.25) is 5.78 Å². The van der Waals surface area contributed by atoms with Gasteiger partial charge < -0.3 is 4.74 Å². The third kappa shape index (κ3) is 4.73. The fourth-order valence-corrected chi connectivity index (χ4v) is 3.90. The summed E-state index contributed by atoms with van der Waals surface area (Å²) in [6.45, 7) is 3.91. The van der Waals surface area contributed by atoms with E-state index in [0.717, 1.165) is 10.4 Å². The van der Waals surface area contributed by atoms with Gasteiger partial charge in [0.15, 0.2) is 0 Å². The number of terminal acetylenes is 1. The summed E-state index contributed by atoms with van der Waals surface area (Å²) in [5.74, 6) is -0.742. The van der Waals surface area contributed by atoms with E-state index < -0.39 is 5.97 Å². The molecule has 0 aliphatic rings. The number of esters is 1. The number of aromatic nitrogens is 1. The molecule has 0 spiro atoms. The van der Waals surface area contributed by atoms with Crippen LogP contribution in [-0.4, -0.2) is 22.8 Å². The van der Waals surface area contributed by atoms with Crippen molar-refractivity contribution in [2.45, 2.75) is 13.8 Å². The SMILES string of the molecule is C#C.C/C=C\C=C(/C)Sn1c(C(=O)c2ccccc2)c(C(=O)OC)c2ccccc21. The highest BCUT2D eigenvalue weighted by Crippen LogP contribution is 2.34. The molecule has 0 atom stereocenters. The molecule has 3 rings (SSSR count). The molecule has 152 valence electrons. The summed E-state index contributed by atoms with van der Waals surface area (Å²) < 4.78 is 6.84. The van der Waals surface area contributed by atoms with Crippen LogP contribution in [-0.2, 0) is 4.74 Å². The van der Waals surface area contributed by atoms with Crippen molar-refractivity contribution in [1.82, 2.24) is 3.97 Å². The lowest BCUT2D eigenvalue weighted by molar-refractivity contribution is 0.0599. The number of ether oxygens (including phenoxy) is 1. The Labute approximate surface area is 181 Å². The molecule has 3 aromatic rings. The highest BCUT2D eigenvalue weighted by molar-refractivity contribution is 8.01. The topological polar surface area (TPSA) is 48.3 Å². The molecule has 30 heavy (non-hydrogen) atoms. The number of hydrogen-bond donors (Lipinski definition) is 0. The summed E-state index contributed by atoms with van der Waals surface area (Å²) >= 11 is 1.41. The van der Waals surface area contributed by atoms with Gasteiger partial charge in [-0.1, -0.05) is 66.8 Å². The average Bonchev–Trinajstić information content (AvgIpc) is 3.12. The predicted molar refractivity (Wildman–Crippen MR) is 125 cm³/mol. The summed E-state index contributed by atoms with van der Waals surface area (Å²) in [7, 11) is 1.33. The zero-order valence-corrected chi connectivity index (χ0v) is 18.0. The van der Waals surface area contributed by atoms with Crippen molar-refractivity contribution < 1.29 is 14.3 Å². The van der Waals surface area contributed by atoms with Gasteiger partial charge in [0, 0.05) is 15.9 Å². The van der Waals surface area contributed by atoms with Crippen LogP contribution in [0.4, 0.5) is 0 Å². The number of nitrogens with zero attached hydrogens (tertiary/aromatic N) is 1. The number of para-hydroxylation sites is 1. The molecular formula is C25H23NO3S. The van der Waals surface area contributed by atoms with Gasteiger partial charge in [-0.05, 0) is 31.9 Å². The molecule has 0 aliphatic heterocycles. The van der Waals surface area contributed by atoms with Crippen molar-refractivity contribution in [2.75, 3.05) is 7.11 Å². The van der Waals surface area contributed by atoms with E-state index in [-0.39, 0.29) is 5.78 Å². The maximum Gasteiger partial charge on any atom is 0.340 e. The smallest absolute Gasteiger partial charge is 0.340 e. The van der Waals surface area contributed by atoms with Crippen molar-refractivity contribution in [3.05, 3.63) is 94.6 Å². The molecular weight excluding hydrogens is 394 g/mol. The summed E-state index contributed by atoms with van der Waals surface area (Å²) in [5, 5.41) is 0.694. The number of rotatable bonds is 6. The molecule has 0 saturated carbocycles. The molecule has 4 nitrogen and oxygen atoms in total. The van der Waals surface area contributed by atoms with Gasteiger partial charge in [-0.15, -0.1) is 12.8 Å². The molecule has 1 aromatic heterocycles. The highest BCUT2D eigenvalue weighted by atomic mass is 32.2. The number of ketones is 1. The van der Waals surface area contributed by atoms with Crippen molar-refractivity contribution in [3.63, 3.8) is 0 Å². The molecule has 0 saturated heterocycles. The maximum absolute atomic E-state index is 13.4. The first-order valence-electron chi connectivity index (χ1n) is 9.21. The van der Waals surface area contributed by atoms with E-state index >= 15 is 0 Å². The number of fused-ring (bicyclic) bond motifs is 1. The Kier molecular flexibility index (Phi) is 8.28. The van der Waals surface area contributed by atoms with E-state index in [1.165, 1.54) is 19.1 Å². The minimum Gasteiger partial charge on any atom is -0.465 e. The summed E-state index contributed by atoms with van der Waals surface area (Å²) in [4.78, 5) is 27.0. The Balaban J connectivity index is 0.00000155. The zero-order chi connectivity index (χ0) is 22.1. The zero-order valence-electron chi connectivity index (χ0n) is 17.2. The number of carbonyl (C=O) groups excluding carboxylic acids is 2. The standard InChI is InChI=1S/C23H21NO3S.C2H2/c1-4-5-11-16(2)28-24-19-15-10-9-14-18(19)20(23(26)27-3)21(24)22(25)17-12-7-6-8-13-17;1-2/h4-15H,1-3H3;1-2H/b5-4-,16-11+;. The summed E-state index contributed by atoms with van der Waals surface area (Å²) in [6.07, 6.45) is 13.8. The van der Waals surface area contributed by atoms with Crippen molar-refractivity contribution >= 4 is 34.6 Å². The molecule has 0 aliphatic carbocycles. The molecule has 5 heteroatoms. The molecule has 0 N–H and O–H groups in total. The van der Waals surface area contributed by atoms with Crippen LogP contribution >= 0.6 is 11.9 Å². The number of allylic oxidation sites excluding steroid dienone is 4. The predicted octanol–water partition coefficient (Wildman–Crippen LogP) is 5.88. The lowest BCUT2D eigenvalue weighted by Crippen LogP contribution is -2.13. The minimum absolute atomic E-state index is 0.219. The molecule has 0 amide bonds. The molecule has 0 unspecified atom stereocenters. The quantitative estimate of drug-likeness (QED) is 0.217. The Morgan fingerprint density at radius 1 is 1.03 bits per heavy atom. The van der Waals surface area contributed by atoms with E-state index in [0.29, 0.717) is 22.2 Å². The monoisotopic (exact) mass is 417 g/mol. The fourth-order valence-electron chi connectivity index (χ4n) is 2.95. The van der Waals surface area contributed by atoms with Crippen molar-refractivity contribution in [2.24, 2.45) is 0 Å². The third-order valence-corrected chi connectivity index (χ3v) is 5.22. The Hall–Kier alpha value is -3.49. The van der Waals surface area contributed by atoms with Crippen LogP contribution in [0.1, 0.15) is 40.3 Å². The van der Waals surface area contributed by atoms with Crippen LogP contribution < -0.4 is 0 Å². The first-order chi connectivity index (χ1) is 14.6. The molecule has 1 heterocycles. The van der Waals surface area contributed by atoms with Crippen LogP contribution in [0.3, 0.4) is 0 Å². The lowest BCUT2D eigenvalue weighted by atomic mass is 10.0. The van der Waals surface area contributed by atoms with Gasteiger partial charge in [-0.25, -0.2) is 4.79 Å². The average molecular weight is 418 g/mol. The fraction of sp³-hybridized carbons (Fsp3) is 0.120. The normalized spacial score (nSPS) is 11.2. The molecule has 0 radical (unpaired) electrons. The lowest BCUT2D eigenvalue weighted by Gasteiger charge is -2.10. The second kappa shape index (κ2) is 10.9. The maximum atomic E-state index is 13.4. The number of benzene rings is 2. The van der Waals surface area contributed by atoms with E-state index in [4.69, 9.17) is 4.74 Å². The molecule has 0 bridgehead atoms. The number of carbonyl (C=O) groups is 2. The second-order valence-electron chi connectivity index (χ2n) is 6.12. The first-order valence-corrected chi connectivity index (χ1v) is 9.98. The van der Waals surface area contributed by atoms with Crippen molar-refractivity contribution in [3.8, 4) is 12.8 Å². The van der Waals surface area contributed by atoms with Crippen molar-refractivity contribution in [1.29, 1.82) is 0 Å². The van der Waals surface area contributed by atoms with E-state index in [9.17, 15) is 9.59 Å². The Morgan fingerprint density at radius 3 is 2.30 bits per heavy atom. The van der Waals surface area contributed by atoms with Gasteiger partial charge >= 0.3 is 5.97 Å². The van der Waals surface area contributed by atoms with Gasteiger partial charge in [0.25, 0.3) is 0 Å². The van der Waals surface area contributed by atoms with Gasteiger partial charge in [-0.3, -0.25) is 8.77 Å². The van der Waals surface area contributed by atoms with E-state index in [1.54, 1.807) is 12.1 Å². The Bertz CT molecular complexity index is 1120. The van der Waals surface area contributed by atoms with Gasteiger partial charge in [0.05, 0.1) is 18.2 Å². The molecule has 2 aromatic carbocycles. The number of hydrogen-bond acceptors (Lipinski definition) is 4. The van der Waals surface area contributed by atoms with Crippen LogP contribution in [0.5, 0.6) is 0 Å². The van der Waals surface area contributed by atoms with E-state index in [2.05, 4.69) is 12.8 Å². The first kappa shape index (κ1) is 22.8. The van der Waals surface area contributed by atoms with E-state index in [1.807, 2.05) is 78.5 Å². The minimum atomic E-state index is -0.523. The third-order valence-electron chi connectivity index (χ3n) is 4.23. The van der Waals surface area contributed by atoms with Crippen LogP contribution in [0, 0.1) is 12.8 Å². The Morgan fingerprint density at radius 2 is 1.67 bits per heavy atom. The highest BCUT2D eigenvalue weighted by Gasteiger charge is 2.29.